The number of ether oxygens (including phenoxy) is 1. The third-order valence-electron chi connectivity index (χ3n) is 3.92. The smallest absolute Gasteiger partial charge is 0.255 e. The third-order valence-corrected chi connectivity index (χ3v) is 3.92. The SMILES string of the molecule is CCN(c1ccc(C(=O)Nc2ccccc2OC(C)C)cc1)C(C)C. The van der Waals surface area contributed by atoms with Gasteiger partial charge in [-0.3, -0.25) is 4.79 Å². The van der Waals surface area contributed by atoms with Gasteiger partial charge in [0.25, 0.3) is 5.91 Å². The molecular weight excluding hydrogens is 312 g/mol. The first-order chi connectivity index (χ1) is 11.9. The van der Waals surface area contributed by atoms with Crippen molar-refractivity contribution in [2.24, 2.45) is 0 Å². The summed E-state index contributed by atoms with van der Waals surface area (Å²) >= 11 is 0. The average Bonchev–Trinajstić information content (AvgIpc) is 2.57. The van der Waals surface area contributed by atoms with Crippen LogP contribution in [0.2, 0.25) is 0 Å². The molecule has 0 aliphatic rings. The van der Waals surface area contributed by atoms with Crippen LogP contribution in [0.5, 0.6) is 5.75 Å². The van der Waals surface area contributed by atoms with Crippen molar-refractivity contribution in [3.63, 3.8) is 0 Å². The van der Waals surface area contributed by atoms with Gasteiger partial charge in [-0.25, -0.2) is 0 Å². The molecule has 0 atom stereocenters. The highest BCUT2D eigenvalue weighted by molar-refractivity contribution is 6.05. The van der Waals surface area contributed by atoms with Gasteiger partial charge in [0.15, 0.2) is 0 Å². The molecule has 25 heavy (non-hydrogen) atoms. The predicted molar refractivity (Wildman–Crippen MR) is 105 cm³/mol. The van der Waals surface area contributed by atoms with Crippen molar-refractivity contribution in [1.82, 2.24) is 0 Å². The van der Waals surface area contributed by atoms with Gasteiger partial charge in [0, 0.05) is 23.8 Å². The van der Waals surface area contributed by atoms with Crippen LogP contribution in [0.15, 0.2) is 48.5 Å². The number of para-hydroxylation sites is 2. The second-order valence-corrected chi connectivity index (χ2v) is 6.54. The quantitative estimate of drug-likeness (QED) is 0.774. The Kier molecular flexibility index (Phi) is 6.45. The molecular formula is C21H28N2O2. The highest BCUT2D eigenvalue weighted by Gasteiger charge is 2.12. The Morgan fingerprint density at radius 1 is 1.04 bits per heavy atom. The first-order valence-electron chi connectivity index (χ1n) is 8.86. The van der Waals surface area contributed by atoms with E-state index in [-0.39, 0.29) is 12.0 Å². The van der Waals surface area contributed by atoms with Gasteiger partial charge < -0.3 is 15.0 Å². The second-order valence-electron chi connectivity index (χ2n) is 6.54. The summed E-state index contributed by atoms with van der Waals surface area (Å²) in [5.74, 6) is 0.540. The summed E-state index contributed by atoms with van der Waals surface area (Å²) in [6.07, 6.45) is 0.0494. The monoisotopic (exact) mass is 340 g/mol. The number of hydrogen-bond donors (Lipinski definition) is 1. The van der Waals surface area contributed by atoms with E-state index in [1.807, 2.05) is 62.4 Å². The number of carbonyl (C=O) groups is 1. The van der Waals surface area contributed by atoms with Crippen LogP contribution in [0.1, 0.15) is 45.0 Å². The molecule has 0 aliphatic heterocycles. The summed E-state index contributed by atoms with van der Waals surface area (Å²) in [4.78, 5) is 14.8. The molecule has 2 rings (SSSR count). The molecule has 0 aromatic heterocycles. The molecule has 0 saturated heterocycles. The standard InChI is InChI=1S/C21H28N2O2/c1-6-23(15(2)3)18-13-11-17(12-14-18)21(24)22-19-9-7-8-10-20(19)25-16(4)5/h7-16H,6H2,1-5H3,(H,22,24). The van der Waals surface area contributed by atoms with Crippen LogP contribution < -0.4 is 15.0 Å². The Balaban J connectivity index is 2.14. The van der Waals surface area contributed by atoms with E-state index in [2.05, 4.69) is 31.0 Å². The van der Waals surface area contributed by atoms with Crippen molar-refractivity contribution in [2.45, 2.75) is 46.8 Å². The number of benzene rings is 2. The van der Waals surface area contributed by atoms with Crippen LogP contribution in [0, 0.1) is 0 Å². The molecule has 0 bridgehead atoms. The minimum atomic E-state index is -0.140. The Morgan fingerprint density at radius 2 is 1.68 bits per heavy atom. The molecule has 0 saturated carbocycles. The molecule has 4 heteroatoms. The first-order valence-corrected chi connectivity index (χ1v) is 8.86. The van der Waals surface area contributed by atoms with E-state index in [4.69, 9.17) is 4.74 Å². The average molecular weight is 340 g/mol. The lowest BCUT2D eigenvalue weighted by atomic mass is 10.1. The summed E-state index contributed by atoms with van der Waals surface area (Å²) in [6, 6.07) is 15.6. The fourth-order valence-electron chi connectivity index (χ4n) is 2.77. The summed E-state index contributed by atoms with van der Waals surface area (Å²) in [5, 5.41) is 2.94. The largest absolute Gasteiger partial charge is 0.489 e. The van der Waals surface area contributed by atoms with Crippen molar-refractivity contribution in [1.29, 1.82) is 0 Å². The lowest BCUT2D eigenvalue weighted by molar-refractivity contribution is 0.102. The fraction of sp³-hybridized carbons (Fsp3) is 0.381. The highest BCUT2D eigenvalue weighted by Crippen LogP contribution is 2.26. The van der Waals surface area contributed by atoms with Gasteiger partial charge in [-0.05, 0) is 71.0 Å². The zero-order valence-electron chi connectivity index (χ0n) is 15.7. The number of rotatable bonds is 7. The van der Waals surface area contributed by atoms with Gasteiger partial charge in [-0.2, -0.15) is 0 Å². The third kappa shape index (κ3) is 4.99. The van der Waals surface area contributed by atoms with Crippen molar-refractivity contribution in [3.05, 3.63) is 54.1 Å². The molecule has 0 heterocycles. The Labute approximate surface area is 150 Å². The Bertz CT molecular complexity index is 693. The maximum Gasteiger partial charge on any atom is 0.255 e. The van der Waals surface area contributed by atoms with Gasteiger partial charge in [-0.15, -0.1) is 0 Å². The van der Waals surface area contributed by atoms with Gasteiger partial charge in [0.1, 0.15) is 5.75 Å². The molecule has 0 spiro atoms. The van der Waals surface area contributed by atoms with Crippen molar-refractivity contribution in [3.8, 4) is 5.75 Å². The van der Waals surface area contributed by atoms with Crippen molar-refractivity contribution in [2.75, 3.05) is 16.8 Å². The number of nitrogens with zero attached hydrogens (tertiary/aromatic N) is 1. The zero-order chi connectivity index (χ0) is 18.4. The molecule has 1 N–H and O–H groups in total. The predicted octanol–water partition coefficient (Wildman–Crippen LogP) is 4.96. The lowest BCUT2D eigenvalue weighted by Crippen LogP contribution is -2.30. The van der Waals surface area contributed by atoms with Crippen molar-refractivity contribution < 1.29 is 9.53 Å². The minimum absolute atomic E-state index is 0.0494. The fourth-order valence-corrected chi connectivity index (χ4v) is 2.77. The van der Waals surface area contributed by atoms with Crippen LogP contribution in [0.4, 0.5) is 11.4 Å². The lowest BCUT2D eigenvalue weighted by Gasteiger charge is -2.27. The summed E-state index contributed by atoms with van der Waals surface area (Å²) in [5.41, 5.74) is 2.43. The zero-order valence-corrected chi connectivity index (χ0v) is 15.7. The van der Waals surface area contributed by atoms with Crippen LogP contribution >= 0.6 is 0 Å². The van der Waals surface area contributed by atoms with Crippen molar-refractivity contribution >= 4 is 17.3 Å². The molecule has 1 amide bonds. The number of carbonyl (C=O) groups excluding carboxylic acids is 1. The van der Waals surface area contributed by atoms with Gasteiger partial charge >= 0.3 is 0 Å². The number of amides is 1. The summed E-state index contributed by atoms with van der Waals surface area (Å²) in [6.45, 7) is 11.3. The van der Waals surface area contributed by atoms with Crippen LogP contribution in [-0.2, 0) is 0 Å². The molecule has 0 aliphatic carbocycles. The van der Waals surface area contributed by atoms with E-state index in [0.717, 1.165) is 12.2 Å². The van der Waals surface area contributed by atoms with Gasteiger partial charge in [0.2, 0.25) is 0 Å². The molecule has 2 aromatic rings. The van der Waals surface area contributed by atoms with Crippen LogP contribution in [0.25, 0.3) is 0 Å². The molecule has 0 fully saturated rings. The van der Waals surface area contributed by atoms with E-state index in [0.29, 0.717) is 23.0 Å². The van der Waals surface area contributed by atoms with E-state index in [9.17, 15) is 4.79 Å². The van der Waals surface area contributed by atoms with Crippen LogP contribution in [-0.4, -0.2) is 24.6 Å². The highest BCUT2D eigenvalue weighted by atomic mass is 16.5. The molecule has 0 unspecified atom stereocenters. The van der Waals surface area contributed by atoms with Gasteiger partial charge in [-0.1, -0.05) is 12.1 Å². The number of hydrogen-bond acceptors (Lipinski definition) is 3. The number of anilines is 2. The van der Waals surface area contributed by atoms with E-state index in [1.54, 1.807) is 0 Å². The molecule has 0 radical (unpaired) electrons. The maximum absolute atomic E-state index is 12.6. The topological polar surface area (TPSA) is 41.6 Å². The molecule has 2 aromatic carbocycles. The summed E-state index contributed by atoms with van der Waals surface area (Å²) in [7, 11) is 0. The first kappa shape index (κ1) is 18.8. The minimum Gasteiger partial charge on any atom is -0.489 e. The maximum atomic E-state index is 12.6. The van der Waals surface area contributed by atoms with E-state index in [1.165, 1.54) is 0 Å². The molecule has 4 nitrogen and oxygen atoms in total. The Hall–Kier alpha value is -2.49. The number of nitrogens with one attached hydrogen (secondary N) is 1. The van der Waals surface area contributed by atoms with E-state index >= 15 is 0 Å². The Morgan fingerprint density at radius 3 is 2.24 bits per heavy atom. The molecule has 134 valence electrons. The van der Waals surface area contributed by atoms with E-state index < -0.39 is 0 Å². The van der Waals surface area contributed by atoms with Crippen LogP contribution in [0.3, 0.4) is 0 Å². The normalized spacial score (nSPS) is 10.8. The summed E-state index contributed by atoms with van der Waals surface area (Å²) < 4.78 is 5.75. The van der Waals surface area contributed by atoms with Gasteiger partial charge in [0.05, 0.1) is 11.8 Å². The second kappa shape index (κ2) is 8.56.